The molecule has 0 aromatic heterocycles. The first-order chi connectivity index (χ1) is 3.81. The van der Waals surface area contributed by atoms with Crippen molar-refractivity contribution in [1.82, 2.24) is 5.48 Å². The molecule has 0 aliphatic heterocycles. The Labute approximate surface area is 49.0 Å². The summed E-state index contributed by atoms with van der Waals surface area (Å²) in [6.45, 7) is 4.16. The zero-order chi connectivity index (χ0) is 6.41. The van der Waals surface area contributed by atoms with E-state index in [0.29, 0.717) is 6.61 Å². The number of hydroxylamine groups is 1. The predicted octanol–water partition coefficient (Wildman–Crippen LogP) is 0.115. The van der Waals surface area contributed by atoms with E-state index in [0.717, 1.165) is 6.29 Å². The Balaban J connectivity index is 2.98. The van der Waals surface area contributed by atoms with Crippen molar-refractivity contribution in [2.45, 2.75) is 19.9 Å². The van der Waals surface area contributed by atoms with Crippen LogP contribution in [0.4, 0.5) is 0 Å². The van der Waals surface area contributed by atoms with E-state index in [1.165, 1.54) is 0 Å². The number of carbonyl (C=O) groups excluding carboxylic acids is 1. The van der Waals surface area contributed by atoms with Gasteiger partial charge in [-0.25, -0.2) is 0 Å². The van der Waals surface area contributed by atoms with Crippen LogP contribution in [0.3, 0.4) is 0 Å². The molecule has 0 aliphatic carbocycles. The van der Waals surface area contributed by atoms with Gasteiger partial charge in [0, 0.05) is 0 Å². The van der Waals surface area contributed by atoms with E-state index in [4.69, 9.17) is 4.84 Å². The summed E-state index contributed by atoms with van der Waals surface area (Å²) in [5, 5.41) is 0. The Kier molecular flexibility index (Phi) is 4.50. The molecular formula is C5H11NO2. The third-order valence-corrected chi connectivity index (χ3v) is 0.618. The normalized spacial score (nSPS) is 13.2. The highest BCUT2D eigenvalue weighted by molar-refractivity contribution is 5.56. The van der Waals surface area contributed by atoms with Crippen molar-refractivity contribution >= 4 is 6.29 Å². The molecule has 48 valence electrons. The second-order valence-corrected chi connectivity index (χ2v) is 1.48. The molecule has 3 heteroatoms. The van der Waals surface area contributed by atoms with Gasteiger partial charge in [-0.3, -0.25) is 0 Å². The van der Waals surface area contributed by atoms with Gasteiger partial charge in [0.05, 0.1) is 12.6 Å². The van der Waals surface area contributed by atoms with E-state index < -0.39 is 0 Å². The van der Waals surface area contributed by atoms with Gasteiger partial charge in [-0.1, -0.05) is 0 Å². The van der Waals surface area contributed by atoms with E-state index in [2.05, 4.69) is 5.48 Å². The highest BCUT2D eigenvalue weighted by Gasteiger charge is 1.93. The van der Waals surface area contributed by atoms with Crippen molar-refractivity contribution in [2.75, 3.05) is 6.61 Å². The minimum Gasteiger partial charge on any atom is -0.302 e. The van der Waals surface area contributed by atoms with Crippen LogP contribution in [0.2, 0.25) is 0 Å². The van der Waals surface area contributed by atoms with E-state index in [-0.39, 0.29) is 6.04 Å². The molecule has 0 rings (SSSR count). The Hall–Kier alpha value is -0.410. The van der Waals surface area contributed by atoms with Gasteiger partial charge in [0.2, 0.25) is 0 Å². The second-order valence-electron chi connectivity index (χ2n) is 1.48. The van der Waals surface area contributed by atoms with Crippen molar-refractivity contribution < 1.29 is 9.63 Å². The highest BCUT2D eigenvalue weighted by Crippen LogP contribution is 1.72. The van der Waals surface area contributed by atoms with Gasteiger partial charge in [0.15, 0.2) is 0 Å². The number of hydrogen-bond acceptors (Lipinski definition) is 3. The van der Waals surface area contributed by atoms with Crippen molar-refractivity contribution in [3.05, 3.63) is 0 Å². The summed E-state index contributed by atoms with van der Waals surface area (Å²) in [7, 11) is 0. The molecule has 0 bridgehead atoms. The van der Waals surface area contributed by atoms with Gasteiger partial charge in [-0.2, -0.15) is 5.48 Å². The molecule has 3 nitrogen and oxygen atoms in total. The van der Waals surface area contributed by atoms with Gasteiger partial charge in [-0.05, 0) is 13.8 Å². The molecule has 0 fully saturated rings. The lowest BCUT2D eigenvalue weighted by atomic mass is 10.4. The van der Waals surface area contributed by atoms with Crippen LogP contribution in [0.15, 0.2) is 0 Å². The maximum atomic E-state index is 9.87. The SMILES string of the molecule is CCON[C@@H](C)C=O. The van der Waals surface area contributed by atoms with Crippen LogP contribution in [-0.2, 0) is 9.63 Å². The monoisotopic (exact) mass is 117 g/mol. The first-order valence-corrected chi connectivity index (χ1v) is 2.63. The average molecular weight is 117 g/mol. The fourth-order valence-electron chi connectivity index (χ4n) is 0.243. The average Bonchev–Trinajstić information content (AvgIpc) is 1.83. The summed E-state index contributed by atoms with van der Waals surface area (Å²) in [5.41, 5.74) is 2.51. The first-order valence-electron chi connectivity index (χ1n) is 2.63. The van der Waals surface area contributed by atoms with Crippen LogP contribution in [0.1, 0.15) is 13.8 Å². The first kappa shape index (κ1) is 7.59. The van der Waals surface area contributed by atoms with Crippen LogP contribution >= 0.6 is 0 Å². The number of hydrogen-bond donors (Lipinski definition) is 1. The van der Waals surface area contributed by atoms with Gasteiger partial charge in [0.1, 0.15) is 6.29 Å². The topological polar surface area (TPSA) is 38.3 Å². The van der Waals surface area contributed by atoms with Crippen LogP contribution in [0.5, 0.6) is 0 Å². The summed E-state index contributed by atoms with van der Waals surface area (Å²) in [5.74, 6) is 0. The van der Waals surface area contributed by atoms with Crippen LogP contribution in [0.25, 0.3) is 0 Å². The zero-order valence-corrected chi connectivity index (χ0v) is 5.18. The lowest BCUT2D eigenvalue weighted by molar-refractivity contribution is -0.112. The molecule has 1 atom stereocenters. The molecular weight excluding hydrogens is 106 g/mol. The summed E-state index contributed by atoms with van der Waals surface area (Å²) >= 11 is 0. The molecule has 0 saturated heterocycles. The molecule has 0 amide bonds. The zero-order valence-electron chi connectivity index (χ0n) is 5.18. The molecule has 0 aliphatic rings. The summed E-state index contributed by atoms with van der Waals surface area (Å²) in [6.07, 6.45) is 0.787. The second kappa shape index (κ2) is 4.74. The largest absolute Gasteiger partial charge is 0.302 e. The van der Waals surface area contributed by atoms with Crippen molar-refractivity contribution in [1.29, 1.82) is 0 Å². The summed E-state index contributed by atoms with van der Waals surface area (Å²) in [6, 6.07) is -0.199. The predicted molar refractivity (Wildman–Crippen MR) is 30.3 cm³/mol. The molecule has 0 saturated carbocycles. The molecule has 0 aromatic rings. The lowest BCUT2D eigenvalue weighted by Crippen LogP contribution is -2.27. The van der Waals surface area contributed by atoms with E-state index in [9.17, 15) is 4.79 Å². The molecule has 0 unspecified atom stereocenters. The number of nitrogens with one attached hydrogen (secondary N) is 1. The fourth-order valence-corrected chi connectivity index (χ4v) is 0.243. The molecule has 1 N–H and O–H groups in total. The van der Waals surface area contributed by atoms with Gasteiger partial charge < -0.3 is 9.63 Å². The van der Waals surface area contributed by atoms with E-state index in [1.807, 2.05) is 6.92 Å². The maximum absolute atomic E-state index is 9.87. The Morgan fingerprint density at radius 2 is 2.50 bits per heavy atom. The van der Waals surface area contributed by atoms with E-state index >= 15 is 0 Å². The third kappa shape index (κ3) is 3.77. The quantitative estimate of drug-likeness (QED) is 0.419. The summed E-state index contributed by atoms with van der Waals surface area (Å²) in [4.78, 5) is 14.6. The van der Waals surface area contributed by atoms with Crippen LogP contribution < -0.4 is 5.48 Å². The molecule has 0 radical (unpaired) electrons. The fraction of sp³-hybridized carbons (Fsp3) is 0.800. The number of rotatable bonds is 4. The third-order valence-electron chi connectivity index (χ3n) is 0.618. The minimum atomic E-state index is -0.199. The standard InChI is InChI=1S/C5H11NO2/c1-3-8-6-5(2)4-7/h4-6H,3H2,1-2H3/t5-/m0/s1. The summed E-state index contributed by atoms with van der Waals surface area (Å²) < 4.78 is 0. The Bertz CT molecular complexity index is 65.4. The Morgan fingerprint density at radius 1 is 1.88 bits per heavy atom. The highest BCUT2D eigenvalue weighted by atomic mass is 16.6. The maximum Gasteiger partial charge on any atom is 0.138 e. The minimum absolute atomic E-state index is 0.199. The molecule has 8 heavy (non-hydrogen) atoms. The number of aldehydes is 1. The van der Waals surface area contributed by atoms with Crippen molar-refractivity contribution in [3.63, 3.8) is 0 Å². The molecule has 0 aromatic carbocycles. The van der Waals surface area contributed by atoms with E-state index in [1.54, 1.807) is 6.92 Å². The van der Waals surface area contributed by atoms with Crippen molar-refractivity contribution in [2.24, 2.45) is 0 Å². The van der Waals surface area contributed by atoms with Gasteiger partial charge >= 0.3 is 0 Å². The molecule has 0 heterocycles. The van der Waals surface area contributed by atoms with Crippen molar-refractivity contribution in [3.8, 4) is 0 Å². The number of carbonyl (C=O) groups is 1. The van der Waals surface area contributed by atoms with Gasteiger partial charge in [-0.15, -0.1) is 0 Å². The smallest absolute Gasteiger partial charge is 0.138 e. The van der Waals surface area contributed by atoms with Gasteiger partial charge in [0.25, 0.3) is 0 Å². The van der Waals surface area contributed by atoms with Crippen LogP contribution in [0, 0.1) is 0 Å². The molecule has 0 spiro atoms. The lowest BCUT2D eigenvalue weighted by Gasteiger charge is -2.03. The Morgan fingerprint density at radius 3 is 2.88 bits per heavy atom. The van der Waals surface area contributed by atoms with Crippen LogP contribution in [-0.4, -0.2) is 18.9 Å².